The lowest BCUT2D eigenvalue weighted by Gasteiger charge is -2.13. The summed E-state index contributed by atoms with van der Waals surface area (Å²) in [6.07, 6.45) is 6.17. The van der Waals surface area contributed by atoms with E-state index in [9.17, 15) is 4.79 Å². The number of carboxylic acids is 1. The van der Waals surface area contributed by atoms with Crippen molar-refractivity contribution in [3.05, 3.63) is 0 Å². The van der Waals surface area contributed by atoms with Gasteiger partial charge in [-0.1, -0.05) is 20.3 Å². The van der Waals surface area contributed by atoms with Gasteiger partial charge in [-0.2, -0.15) is 0 Å². The van der Waals surface area contributed by atoms with Gasteiger partial charge in [0.25, 0.3) is 0 Å². The van der Waals surface area contributed by atoms with E-state index < -0.39 is 5.97 Å². The van der Waals surface area contributed by atoms with Crippen LogP contribution in [0, 0.1) is 0 Å². The average Bonchev–Trinajstić information content (AvgIpc) is 2.02. The van der Waals surface area contributed by atoms with E-state index in [1.54, 1.807) is 0 Å². The summed E-state index contributed by atoms with van der Waals surface area (Å²) in [6.45, 7) is 4.41. The minimum absolute atomic E-state index is 0.147. The second-order valence-corrected chi connectivity index (χ2v) is 5.80. The highest BCUT2D eigenvalue weighted by molar-refractivity contribution is 7.57. The Morgan fingerprint density at radius 3 is 2.42 bits per heavy atom. The van der Waals surface area contributed by atoms with Crippen molar-refractivity contribution in [3.8, 4) is 0 Å². The van der Waals surface area contributed by atoms with Gasteiger partial charge in [-0.3, -0.25) is 4.79 Å². The Bertz CT molecular complexity index is 126. The van der Waals surface area contributed by atoms with Gasteiger partial charge in [-0.25, -0.2) is 0 Å². The molecule has 0 rings (SSSR count). The van der Waals surface area contributed by atoms with Crippen molar-refractivity contribution in [1.29, 1.82) is 0 Å². The highest BCUT2D eigenvalue weighted by Crippen LogP contribution is 2.36. The first-order valence-corrected chi connectivity index (χ1v) is 6.54. The lowest BCUT2D eigenvalue weighted by Crippen LogP contribution is -1.98. The standard InChI is InChI=1S/C9H19O2P/c1-3-7-12(4-2)8-5-6-9(10)11/h3-8H2,1-2H3,(H,10,11). The van der Waals surface area contributed by atoms with Gasteiger partial charge in [0.15, 0.2) is 0 Å². The van der Waals surface area contributed by atoms with Gasteiger partial charge in [-0.15, -0.1) is 7.92 Å². The van der Waals surface area contributed by atoms with E-state index in [0.29, 0.717) is 6.42 Å². The minimum Gasteiger partial charge on any atom is -0.481 e. The number of carboxylic acid groups (broad SMARTS) is 1. The molecule has 1 atom stereocenters. The highest BCUT2D eigenvalue weighted by Gasteiger charge is 2.04. The molecule has 1 N–H and O–H groups in total. The van der Waals surface area contributed by atoms with E-state index in [2.05, 4.69) is 13.8 Å². The molecule has 0 aliphatic rings. The fourth-order valence-corrected chi connectivity index (χ4v) is 3.29. The van der Waals surface area contributed by atoms with Crippen LogP contribution in [-0.2, 0) is 4.79 Å². The van der Waals surface area contributed by atoms with Crippen LogP contribution >= 0.6 is 7.92 Å². The van der Waals surface area contributed by atoms with Crippen LogP contribution in [0.4, 0.5) is 0 Å². The molecule has 72 valence electrons. The van der Waals surface area contributed by atoms with Crippen LogP contribution in [0.5, 0.6) is 0 Å². The van der Waals surface area contributed by atoms with Crippen molar-refractivity contribution in [2.24, 2.45) is 0 Å². The third-order valence-electron chi connectivity index (χ3n) is 1.85. The molecule has 0 amide bonds. The Balaban J connectivity index is 3.37. The van der Waals surface area contributed by atoms with Crippen molar-refractivity contribution in [2.45, 2.75) is 33.1 Å². The molecule has 3 heteroatoms. The Labute approximate surface area is 76.1 Å². The van der Waals surface area contributed by atoms with Gasteiger partial charge in [0.2, 0.25) is 0 Å². The number of rotatable bonds is 7. The molecule has 0 aliphatic carbocycles. The zero-order valence-electron chi connectivity index (χ0n) is 8.05. The molecule has 0 aromatic heterocycles. The summed E-state index contributed by atoms with van der Waals surface area (Å²) in [7, 11) is 0.147. The number of hydrogen-bond donors (Lipinski definition) is 1. The molecule has 2 nitrogen and oxygen atoms in total. The number of aliphatic carboxylic acids is 1. The largest absolute Gasteiger partial charge is 0.481 e. The Kier molecular flexibility index (Phi) is 7.48. The van der Waals surface area contributed by atoms with Crippen LogP contribution in [0.25, 0.3) is 0 Å². The maximum absolute atomic E-state index is 10.2. The lowest BCUT2D eigenvalue weighted by atomic mass is 10.3. The summed E-state index contributed by atoms with van der Waals surface area (Å²) in [5.41, 5.74) is 0. The van der Waals surface area contributed by atoms with Crippen LogP contribution in [0.3, 0.4) is 0 Å². The molecule has 0 aromatic rings. The third-order valence-corrected chi connectivity index (χ3v) is 4.77. The maximum atomic E-state index is 10.2. The smallest absolute Gasteiger partial charge is 0.303 e. The van der Waals surface area contributed by atoms with Gasteiger partial charge in [0.1, 0.15) is 0 Å². The van der Waals surface area contributed by atoms with Crippen LogP contribution in [0.2, 0.25) is 0 Å². The topological polar surface area (TPSA) is 37.3 Å². The molecular formula is C9H19O2P. The fraction of sp³-hybridized carbons (Fsp3) is 0.889. The number of hydrogen-bond acceptors (Lipinski definition) is 1. The second-order valence-electron chi connectivity index (χ2n) is 2.93. The van der Waals surface area contributed by atoms with E-state index in [1.807, 2.05) is 0 Å². The van der Waals surface area contributed by atoms with Crippen LogP contribution in [-0.4, -0.2) is 29.6 Å². The van der Waals surface area contributed by atoms with Crippen LogP contribution < -0.4 is 0 Å². The zero-order chi connectivity index (χ0) is 9.40. The first-order chi connectivity index (χ1) is 5.70. The van der Waals surface area contributed by atoms with Crippen molar-refractivity contribution < 1.29 is 9.90 Å². The first kappa shape index (κ1) is 11.9. The summed E-state index contributed by atoms with van der Waals surface area (Å²) >= 11 is 0. The van der Waals surface area contributed by atoms with E-state index >= 15 is 0 Å². The molecule has 12 heavy (non-hydrogen) atoms. The van der Waals surface area contributed by atoms with Crippen molar-refractivity contribution in [2.75, 3.05) is 18.5 Å². The molecule has 0 saturated heterocycles. The SMILES string of the molecule is CCCP(CC)CCCC(=O)O. The maximum Gasteiger partial charge on any atom is 0.303 e. The van der Waals surface area contributed by atoms with Crippen molar-refractivity contribution >= 4 is 13.9 Å². The molecule has 0 saturated carbocycles. The monoisotopic (exact) mass is 190 g/mol. The van der Waals surface area contributed by atoms with E-state index in [4.69, 9.17) is 5.11 Å². The van der Waals surface area contributed by atoms with E-state index in [0.717, 1.165) is 12.6 Å². The van der Waals surface area contributed by atoms with Crippen molar-refractivity contribution in [3.63, 3.8) is 0 Å². The Hall–Kier alpha value is -0.100. The quantitative estimate of drug-likeness (QED) is 0.627. The zero-order valence-corrected chi connectivity index (χ0v) is 8.94. The summed E-state index contributed by atoms with van der Waals surface area (Å²) in [4.78, 5) is 10.2. The van der Waals surface area contributed by atoms with Crippen LogP contribution in [0.1, 0.15) is 33.1 Å². The molecule has 0 aliphatic heterocycles. The first-order valence-electron chi connectivity index (χ1n) is 4.64. The second kappa shape index (κ2) is 7.54. The summed E-state index contributed by atoms with van der Waals surface area (Å²) in [5, 5.41) is 8.44. The summed E-state index contributed by atoms with van der Waals surface area (Å²) < 4.78 is 0. The molecule has 0 bridgehead atoms. The normalized spacial score (nSPS) is 12.8. The third kappa shape index (κ3) is 6.60. The molecule has 1 unspecified atom stereocenters. The lowest BCUT2D eigenvalue weighted by molar-refractivity contribution is -0.137. The van der Waals surface area contributed by atoms with E-state index in [-0.39, 0.29) is 7.92 Å². The predicted octanol–water partition coefficient (Wildman–Crippen LogP) is 2.76. The van der Waals surface area contributed by atoms with Gasteiger partial charge >= 0.3 is 5.97 Å². The average molecular weight is 190 g/mol. The molecule has 0 heterocycles. The predicted molar refractivity (Wildman–Crippen MR) is 54.4 cm³/mol. The molecular weight excluding hydrogens is 171 g/mol. The minimum atomic E-state index is -0.655. The Morgan fingerprint density at radius 2 is 2.00 bits per heavy atom. The van der Waals surface area contributed by atoms with Gasteiger partial charge in [0.05, 0.1) is 0 Å². The van der Waals surface area contributed by atoms with Gasteiger partial charge < -0.3 is 5.11 Å². The fourth-order valence-electron chi connectivity index (χ4n) is 1.20. The van der Waals surface area contributed by atoms with Crippen molar-refractivity contribution in [1.82, 2.24) is 0 Å². The molecule has 0 fully saturated rings. The van der Waals surface area contributed by atoms with Gasteiger partial charge in [-0.05, 0) is 24.9 Å². The molecule has 0 spiro atoms. The summed E-state index contributed by atoms with van der Waals surface area (Å²) in [5.74, 6) is -0.655. The molecule has 0 radical (unpaired) electrons. The Morgan fingerprint density at radius 1 is 1.33 bits per heavy atom. The molecule has 0 aromatic carbocycles. The highest BCUT2D eigenvalue weighted by atomic mass is 31.1. The van der Waals surface area contributed by atoms with E-state index in [1.165, 1.54) is 18.7 Å². The van der Waals surface area contributed by atoms with Crippen LogP contribution in [0.15, 0.2) is 0 Å². The number of carbonyl (C=O) groups is 1. The van der Waals surface area contributed by atoms with Gasteiger partial charge in [0, 0.05) is 6.42 Å². The summed E-state index contributed by atoms with van der Waals surface area (Å²) in [6, 6.07) is 0.